The van der Waals surface area contributed by atoms with Crippen LogP contribution < -0.4 is 4.74 Å². The molecule has 0 saturated carbocycles. The first kappa shape index (κ1) is 17.8. The predicted molar refractivity (Wildman–Crippen MR) is 80.7 cm³/mol. The fourth-order valence-corrected chi connectivity index (χ4v) is 2.14. The minimum atomic E-state index is -1.49. The van der Waals surface area contributed by atoms with E-state index < -0.39 is 23.7 Å². The van der Waals surface area contributed by atoms with Crippen molar-refractivity contribution in [3.63, 3.8) is 0 Å². The Morgan fingerprint density at radius 1 is 1.12 bits per heavy atom. The van der Waals surface area contributed by atoms with E-state index in [1.165, 1.54) is 44.6 Å². The molecule has 0 fully saturated rings. The Bertz CT molecular complexity index is 716. The third kappa shape index (κ3) is 3.69. The van der Waals surface area contributed by atoms with Crippen LogP contribution in [-0.2, 0) is 9.47 Å². The molecule has 2 aromatic rings. The van der Waals surface area contributed by atoms with E-state index in [2.05, 4.69) is 4.74 Å². The predicted octanol–water partition coefficient (Wildman–Crippen LogP) is 2.82. The van der Waals surface area contributed by atoms with Crippen LogP contribution in [0.15, 0.2) is 36.4 Å². The number of aliphatic hydroxyl groups is 1. The Labute approximate surface area is 137 Å². The van der Waals surface area contributed by atoms with Gasteiger partial charge in [-0.3, -0.25) is 0 Å². The highest BCUT2D eigenvalue weighted by Gasteiger charge is 2.23. The molecule has 0 amide bonds. The van der Waals surface area contributed by atoms with Crippen molar-refractivity contribution in [2.24, 2.45) is 0 Å². The summed E-state index contributed by atoms with van der Waals surface area (Å²) < 4.78 is 42.2. The van der Waals surface area contributed by atoms with Gasteiger partial charge in [0.05, 0.1) is 18.2 Å². The molecule has 128 valence electrons. The fourth-order valence-electron chi connectivity index (χ4n) is 2.14. The van der Waals surface area contributed by atoms with Crippen LogP contribution in [0.5, 0.6) is 5.75 Å². The molecule has 7 heteroatoms. The van der Waals surface area contributed by atoms with Crippen molar-refractivity contribution in [2.75, 3.05) is 21.0 Å². The first-order valence-electron chi connectivity index (χ1n) is 6.95. The lowest BCUT2D eigenvalue weighted by Gasteiger charge is -2.17. The molecule has 1 unspecified atom stereocenters. The summed E-state index contributed by atoms with van der Waals surface area (Å²) in [5.41, 5.74) is 0.177. The topological polar surface area (TPSA) is 65.0 Å². The van der Waals surface area contributed by atoms with Crippen molar-refractivity contribution >= 4 is 5.97 Å². The van der Waals surface area contributed by atoms with E-state index in [1.54, 1.807) is 0 Å². The van der Waals surface area contributed by atoms with Gasteiger partial charge >= 0.3 is 5.97 Å². The first-order chi connectivity index (χ1) is 11.5. The van der Waals surface area contributed by atoms with E-state index in [0.29, 0.717) is 0 Å². The molecule has 0 aliphatic heterocycles. The van der Waals surface area contributed by atoms with Crippen molar-refractivity contribution in [2.45, 2.75) is 6.10 Å². The lowest BCUT2D eigenvalue weighted by molar-refractivity contribution is 0.0481. The number of rotatable bonds is 6. The van der Waals surface area contributed by atoms with Crippen molar-refractivity contribution in [3.05, 3.63) is 64.7 Å². The summed E-state index contributed by atoms with van der Waals surface area (Å²) >= 11 is 0. The quantitative estimate of drug-likeness (QED) is 0.648. The van der Waals surface area contributed by atoms with Crippen LogP contribution in [-0.4, -0.2) is 32.1 Å². The second kappa shape index (κ2) is 7.85. The molecule has 2 rings (SSSR count). The van der Waals surface area contributed by atoms with Crippen LogP contribution >= 0.6 is 0 Å². The molecular formula is C17H16F2O5. The highest BCUT2D eigenvalue weighted by atomic mass is 19.2. The molecule has 2 aromatic carbocycles. The fraction of sp³-hybridized carbons (Fsp3) is 0.235. The summed E-state index contributed by atoms with van der Waals surface area (Å²) in [6, 6.07) is 7.77. The minimum Gasteiger partial charge on any atom is -0.467 e. The zero-order chi connectivity index (χ0) is 17.7. The lowest BCUT2D eigenvalue weighted by Crippen LogP contribution is -2.10. The summed E-state index contributed by atoms with van der Waals surface area (Å²) in [5.74, 6) is -2.91. The second-order valence-corrected chi connectivity index (χ2v) is 4.84. The smallest absolute Gasteiger partial charge is 0.337 e. The van der Waals surface area contributed by atoms with Gasteiger partial charge in [0.15, 0.2) is 18.4 Å². The molecule has 0 bridgehead atoms. The SMILES string of the molecule is COCOc1ccc(F)c(F)c1C(O)c1ccc(C(=O)OC)cc1. The van der Waals surface area contributed by atoms with Gasteiger partial charge in [-0.25, -0.2) is 13.6 Å². The average Bonchev–Trinajstić information content (AvgIpc) is 2.61. The van der Waals surface area contributed by atoms with E-state index in [0.717, 1.165) is 6.07 Å². The Kier molecular flexibility index (Phi) is 5.83. The highest BCUT2D eigenvalue weighted by Crippen LogP contribution is 2.33. The second-order valence-electron chi connectivity index (χ2n) is 4.84. The van der Waals surface area contributed by atoms with Crippen LogP contribution in [0.3, 0.4) is 0 Å². The number of methoxy groups -OCH3 is 2. The minimum absolute atomic E-state index is 0.0414. The van der Waals surface area contributed by atoms with Crippen LogP contribution in [0.25, 0.3) is 0 Å². The molecule has 24 heavy (non-hydrogen) atoms. The molecule has 0 saturated heterocycles. The van der Waals surface area contributed by atoms with Gasteiger partial charge in [0, 0.05) is 7.11 Å². The standard InChI is InChI=1S/C17H16F2O5/c1-22-9-24-13-8-7-12(18)15(19)14(13)16(20)10-3-5-11(6-4-10)17(21)23-2/h3-8,16,20H,9H2,1-2H3. The van der Waals surface area contributed by atoms with E-state index in [1.807, 2.05) is 0 Å². The molecule has 0 aliphatic carbocycles. The molecule has 0 aromatic heterocycles. The highest BCUT2D eigenvalue weighted by molar-refractivity contribution is 5.89. The summed E-state index contributed by atoms with van der Waals surface area (Å²) in [6.07, 6.45) is -1.49. The zero-order valence-corrected chi connectivity index (χ0v) is 13.1. The third-order valence-electron chi connectivity index (χ3n) is 3.35. The normalized spacial score (nSPS) is 11.9. The summed E-state index contributed by atoms with van der Waals surface area (Å²) in [6.45, 7) is -0.188. The third-order valence-corrected chi connectivity index (χ3v) is 3.35. The van der Waals surface area contributed by atoms with Gasteiger partial charge in [-0.1, -0.05) is 12.1 Å². The summed E-state index contributed by atoms with van der Waals surface area (Å²) in [7, 11) is 2.62. The number of aliphatic hydroxyl groups excluding tert-OH is 1. The number of halogens is 2. The van der Waals surface area contributed by atoms with Gasteiger partial charge in [0.25, 0.3) is 0 Å². The van der Waals surface area contributed by atoms with Crippen LogP contribution in [0.2, 0.25) is 0 Å². The van der Waals surface area contributed by atoms with E-state index >= 15 is 0 Å². The Hall–Kier alpha value is -2.51. The van der Waals surface area contributed by atoms with Crippen molar-refractivity contribution in [1.29, 1.82) is 0 Å². The summed E-state index contributed by atoms with van der Waals surface area (Å²) in [5, 5.41) is 10.4. The van der Waals surface area contributed by atoms with Crippen LogP contribution in [0.1, 0.15) is 27.6 Å². The van der Waals surface area contributed by atoms with Crippen molar-refractivity contribution < 1.29 is 32.9 Å². The molecule has 0 radical (unpaired) electrons. The van der Waals surface area contributed by atoms with Crippen molar-refractivity contribution in [1.82, 2.24) is 0 Å². The Morgan fingerprint density at radius 2 is 1.79 bits per heavy atom. The number of hydrogen-bond acceptors (Lipinski definition) is 5. The number of ether oxygens (including phenoxy) is 3. The maximum absolute atomic E-state index is 14.2. The molecule has 1 atom stereocenters. The zero-order valence-electron chi connectivity index (χ0n) is 13.1. The largest absolute Gasteiger partial charge is 0.467 e. The van der Waals surface area contributed by atoms with E-state index in [9.17, 15) is 18.7 Å². The number of carbonyl (C=O) groups is 1. The summed E-state index contributed by atoms with van der Waals surface area (Å²) in [4.78, 5) is 11.4. The van der Waals surface area contributed by atoms with Gasteiger partial charge in [0.2, 0.25) is 0 Å². The van der Waals surface area contributed by atoms with Gasteiger partial charge in [-0.2, -0.15) is 0 Å². The van der Waals surface area contributed by atoms with E-state index in [4.69, 9.17) is 9.47 Å². The first-order valence-corrected chi connectivity index (χ1v) is 6.95. The van der Waals surface area contributed by atoms with E-state index in [-0.39, 0.29) is 29.2 Å². The van der Waals surface area contributed by atoms with Gasteiger partial charge in [0.1, 0.15) is 11.9 Å². The maximum Gasteiger partial charge on any atom is 0.337 e. The van der Waals surface area contributed by atoms with Gasteiger partial charge < -0.3 is 19.3 Å². The van der Waals surface area contributed by atoms with Crippen LogP contribution in [0, 0.1) is 11.6 Å². The molecule has 5 nitrogen and oxygen atoms in total. The monoisotopic (exact) mass is 338 g/mol. The maximum atomic E-state index is 14.2. The lowest BCUT2D eigenvalue weighted by atomic mass is 9.99. The number of hydrogen-bond donors (Lipinski definition) is 1. The molecule has 0 spiro atoms. The number of carbonyl (C=O) groups excluding carboxylic acids is 1. The molecule has 0 aliphatic rings. The number of esters is 1. The molecule has 0 heterocycles. The van der Waals surface area contributed by atoms with Gasteiger partial charge in [-0.15, -0.1) is 0 Å². The Morgan fingerprint density at radius 3 is 2.38 bits per heavy atom. The number of benzene rings is 2. The Balaban J connectivity index is 2.39. The van der Waals surface area contributed by atoms with Gasteiger partial charge in [-0.05, 0) is 29.8 Å². The van der Waals surface area contributed by atoms with Crippen molar-refractivity contribution in [3.8, 4) is 5.75 Å². The molecular weight excluding hydrogens is 322 g/mol. The average molecular weight is 338 g/mol. The van der Waals surface area contributed by atoms with Crippen LogP contribution in [0.4, 0.5) is 8.78 Å². The molecule has 1 N–H and O–H groups in total.